The summed E-state index contributed by atoms with van der Waals surface area (Å²) in [6.07, 6.45) is 15.1. The van der Waals surface area contributed by atoms with E-state index in [1.165, 1.54) is 57.1 Å². The molecule has 0 saturated heterocycles. The smallest absolute Gasteiger partial charge is 0.106 e. The summed E-state index contributed by atoms with van der Waals surface area (Å²) in [4.78, 5) is 0. The fraction of sp³-hybridized carbons (Fsp3) is 0.862. The highest BCUT2D eigenvalue weighted by molar-refractivity contribution is 5.29. The number of fused-ring (bicyclic) bond motifs is 7. The molecule has 1 heterocycles. The van der Waals surface area contributed by atoms with Crippen LogP contribution in [0.3, 0.4) is 0 Å². The number of hydrogen-bond donors (Lipinski definition) is 0. The average Bonchev–Trinajstić information content (AvgIpc) is 3.20. The van der Waals surface area contributed by atoms with Gasteiger partial charge in [0.1, 0.15) is 6.10 Å². The molecule has 5 aliphatic rings. The minimum absolute atomic E-state index is 0.444. The largest absolute Gasteiger partial charge is 0.494 e. The van der Waals surface area contributed by atoms with E-state index in [-0.39, 0.29) is 0 Å². The van der Waals surface area contributed by atoms with Crippen molar-refractivity contribution in [1.29, 1.82) is 0 Å². The summed E-state index contributed by atoms with van der Waals surface area (Å²) in [7, 11) is 1.81. The molecule has 3 fully saturated rings. The van der Waals surface area contributed by atoms with Crippen LogP contribution in [0.1, 0.15) is 92.4 Å². The molecule has 174 valence electrons. The van der Waals surface area contributed by atoms with Gasteiger partial charge < -0.3 is 9.47 Å². The summed E-state index contributed by atoms with van der Waals surface area (Å²) in [5.74, 6) is 6.13. The molecule has 1 aliphatic heterocycles. The molecular weight excluding hydrogens is 380 g/mol. The fourth-order valence-corrected chi connectivity index (χ4v) is 9.17. The maximum absolute atomic E-state index is 6.73. The third kappa shape index (κ3) is 3.37. The highest BCUT2D eigenvalue weighted by Crippen LogP contribution is 2.69. The molecule has 4 aliphatic carbocycles. The Kier molecular flexibility index (Phi) is 5.64. The first-order valence-electron chi connectivity index (χ1n) is 13.3. The molecule has 9 unspecified atom stereocenters. The Morgan fingerprint density at radius 3 is 2.77 bits per heavy atom. The van der Waals surface area contributed by atoms with Crippen molar-refractivity contribution >= 4 is 0 Å². The molecule has 2 nitrogen and oxygen atoms in total. The minimum atomic E-state index is 0.444. The van der Waals surface area contributed by atoms with Crippen molar-refractivity contribution in [3.8, 4) is 0 Å². The van der Waals surface area contributed by atoms with Crippen LogP contribution in [-0.2, 0) is 9.47 Å². The van der Waals surface area contributed by atoms with Gasteiger partial charge in [0, 0.05) is 26.1 Å². The van der Waals surface area contributed by atoms with Crippen LogP contribution in [0.5, 0.6) is 0 Å². The molecule has 5 rings (SSSR count). The van der Waals surface area contributed by atoms with Gasteiger partial charge in [0.05, 0.1) is 5.76 Å². The van der Waals surface area contributed by atoms with Crippen molar-refractivity contribution in [3.63, 3.8) is 0 Å². The SMILES string of the molecule is COCC(C)CCC1=C(C)C2C(CC3C4CC=C5CC(C)CCC5(C)C4CCC32C)O1. The van der Waals surface area contributed by atoms with E-state index in [0.29, 0.717) is 28.8 Å². The second-order valence-corrected chi connectivity index (χ2v) is 12.7. The van der Waals surface area contributed by atoms with Crippen LogP contribution >= 0.6 is 0 Å². The van der Waals surface area contributed by atoms with Gasteiger partial charge in [0.25, 0.3) is 0 Å². The molecule has 31 heavy (non-hydrogen) atoms. The quantitative estimate of drug-likeness (QED) is 0.423. The van der Waals surface area contributed by atoms with Crippen molar-refractivity contribution < 1.29 is 9.47 Å². The molecule has 2 heteroatoms. The van der Waals surface area contributed by atoms with Crippen LogP contribution < -0.4 is 0 Å². The van der Waals surface area contributed by atoms with E-state index in [9.17, 15) is 0 Å². The van der Waals surface area contributed by atoms with E-state index in [0.717, 1.165) is 36.7 Å². The Balaban J connectivity index is 1.35. The highest BCUT2D eigenvalue weighted by Gasteiger charge is 2.63. The van der Waals surface area contributed by atoms with Gasteiger partial charge in [-0.05, 0) is 104 Å². The Labute approximate surface area is 191 Å². The van der Waals surface area contributed by atoms with Gasteiger partial charge in [-0.25, -0.2) is 0 Å². The lowest BCUT2D eigenvalue weighted by Crippen LogP contribution is -2.50. The third-order valence-electron chi connectivity index (χ3n) is 10.9. The molecule has 0 aromatic heterocycles. The zero-order valence-electron chi connectivity index (χ0n) is 21.0. The number of allylic oxidation sites excluding steroid dienone is 3. The van der Waals surface area contributed by atoms with E-state index in [1.807, 2.05) is 12.7 Å². The lowest BCUT2D eigenvalue weighted by atomic mass is 9.47. The lowest BCUT2D eigenvalue weighted by molar-refractivity contribution is -0.0389. The van der Waals surface area contributed by atoms with E-state index in [4.69, 9.17) is 9.47 Å². The van der Waals surface area contributed by atoms with Crippen LogP contribution in [0.2, 0.25) is 0 Å². The third-order valence-corrected chi connectivity index (χ3v) is 10.9. The van der Waals surface area contributed by atoms with Crippen LogP contribution in [0.15, 0.2) is 23.0 Å². The van der Waals surface area contributed by atoms with E-state index in [1.54, 1.807) is 5.57 Å². The van der Waals surface area contributed by atoms with Crippen LogP contribution in [0, 0.1) is 46.3 Å². The summed E-state index contributed by atoms with van der Waals surface area (Å²) in [5, 5.41) is 0. The van der Waals surface area contributed by atoms with Gasteiger partial charge in [-0.2, -0.15) is 0 Å². The topological polar surface area (TPSA) is 18.5 Å². The number of methoxy groups -OCH3 is 1. The molecule has 0 amide bonds. The average molecular weight is 427 g/mol. The minimum Gasteiger partial charge on any atom is -0.494 e. The second kappa shape index (κ2) is 7.93. The molecule has 0 N–H and O–H groups in total. The van der Waals surface area contributed by atoms with Gasteiger partial charge in [-0.3, -0.25) is 0 Å². The van der Waals surface area contributed by atoms with Crippen molar-refractivity contribution in [2.75, 3.05) is 13.7 Å². The molecule has 9 atom stereocenters. The van der Waals surface area contributed by atoms with E-state index in [2.05, 4.69) is 40.7 Å². The highest BCUT2D eigenvalue weighted by atomic mass is 16.5. The normalized spacial score (nSPS) is 47.1. The van der Waals surface area contributed by atoms with Crippen LogP contribution in [-0.4, -0.2) is 19.8 Å². The monoisotopic (exact) mass is 426 g/mol. The molecule has 0 aromatic carbocycles. The number of rotatable bonds is 5. The predicted molar refractivity (Wildman–Crippen MR) is 128 cm³/mol. The first-order valence-corrected chi connectivity index (χ1v) is 13.3. The molecule has 0 spiro atoms. The van der Waals surface area contributed by atoms with Gasteiger partial charge >= 0.3 is 0 Å². The Bertz CT molecular complexity index is 765. The number of hydrogen-bond acceptors (Lipinski definition) is 2. The molecule has 0 aromatic rings. The predicted octanol–water partition coefficient (Wildman–Crippen LogP) is 7.55. The fourth-order valence-electron chi connectivity index (χ4n) is 9.17. The maximum Gasteiger partial charge on any atom is 0.106 e. The summed E-state index contributed by atoms with van der Waals surface area (Å²) in [6, 6.07) is 0. The van der Waals surface area contributed by atoms with Gasteiger partial charge in [0.15, 0.2) is 0 Å². The van der Waals surface area contributed by atoms with Gasteiger partial charge in [-0.15, -0.1) is 0 Å². The lowest BCUT2D eigenvalue weighted by Gasteiger charge is -2.58. The van der Waals surface area contributed by atoms with Gasteiger partial charge in [0.2, 0.25) is 0 Å². The maximum atomic E-state index is 6.73. The summed E-state index contributed by atoms with van der Waals surface area (Å²) in [6.45, 7) is 13.3. The Morgan fingerprint density at radius 1 is 1.19 bits per heavy atom. The Hall–Kier alpha value is -0.760. The van der Waals surface area contributed by atoms with E-state index < -0.39 is 0 Å². The van der Waals surface area contributed by atoms with Crippen molar-refractivity contribution in [3.05, 3.63) is 23.0 Å². The summed E-state index contributed by atoms with van der Waals surface area (Å²) >= 11 is 0. The molecular formula is C29H46O2. The summed E-state index contributed by atoms with van der Waals surface area (Å²) < 4.78 is 12.1. The van der Waals surface area contributed by atoms with E-state index >= 15 is 0 Å². The Morgan fingerprint density at radius 2 is 2.00 bits per heavy atom. The first kappa shape index (κ1) is 22.1. The van der Waals surface area contributed by atoms with Gasteiger partial charge in [-0.1, -0.05) is 39.3 Å². The number of ether oxygens (including phenoxy) is 2. The van der Waals surface area contributed by atoms with Crippen molar-refractivity contribution in [2.24, 2.45) is 46.3 Å². The zero-order valence-corrected chi connectivity index (χ0v) is 21.0. The molecule has 0 bridgehead atoms. The first-order chi connectivity index (χ1) is 14.8. The van der Waals surface area contributed by atoms with Crippen molar-refractivity contribution in [2.45, 2.75) is 98.5 Å². The second-order valence-electron chi connectivity index (χ2n) is 12.7. The zero-order chi connectivity index (χ0) is 22.0. The molecule has 0 radical (unpaired) electrons. The van der Waals surface area contributed by atoms with Crippen LogP contribution in [0.4, 0.5) is 0 Å². The standard InChI is InChI=1S/C29H46O2/c1-18-11-13-28(4)21(15-18)8-9-22-23(28)12-14-29(5)24(22)16-26-27(29)20(3)25(31-26)10-7-19(2)17-30-6/h8,18-19,22-24,26-27H,7,9-17H2,1-6H3. The van der Waals surface area contributed by atoms with Crippen LogP contribution in [0.25, 0.3) is 0 Å². The summed E-state index contributed by atoms with van der Waals surface area (Å²) in [5.41, 5.74) is 4.36. The van der Waals surface area contributed by atoms with Crippen molar-refractivity contribution in [1.82, 2.24) is 0 Å². The molecule has 3 saturated carbocycles.